The molecule has 2 rings (SSSR count). The molecule has 0 spiro atoms. The number of carbonyl (C=O) groups is 2. The highest BCUT2D eigenvalue weighted by atomic mass is 79.9. The lowest BCUT2D eigenvalue weighted by molar-refractivity contribution is -0.158. The Balaban J connectivity index is 2.30. The molecule has 26 heavy (non-hydrogen) atoms. The molecular weight excluding hydrogens is 482 g/mol. The van der Waals surface area contributed by atoms with E-state index in [9.17, 15) is 19.2 Å². The fourth-order valence-electron chi connectivity index (χ4n) is 2.24. The highest BCUT2D eigenvalue weighted by Gasteiger charge is 2.48. The van der Waals surface area contributed by atoms with Crippen LogP contribution in [0.4, 0.5) is 0 Å². The summed E-state index contributed by atoms with van der Waals surface area (Å²) in [6.45, 7) is 3.12. The molecule has 0 aliphatic carbocycles. The predicted octanol–water partition coefficient (Wildman–Crippen LogP) is 0.630. The van der Waals surface area contributed by atoms with Crippen LogP contribution in [-0.2, 0) is 23.8 Å². The van der Waals surface area contributed by atoms with E-state index in [2.05, 4.69) is 41.9 Å². The molecule has 1 saturated heterocycles. The third-order valence-electron chi connectivity index (χ3n) is 3.57. The first-order valence-corrected chi connectivity index (χ1v) is 9.52. The zero-order chi connectivity index (χ0) is 19.4. The van der Waals surface area contributed by atoms with Gasteiger partial charge in [0.15, 0.2) is 10.8 Å². The Hall–Kier alpha value is -1.53. The summed E-state index contributed by atoms with van der Waals surface area (Å²) in [4.78, 5) is 48.1. The maximum absolute atomic E-state index is 12.1. The zero-order valence-electron chi connectivity index (χ0n) is 13.9. The third kappa shape index (κ3) is 4.60. The first-order valence-electron chi connectivity index (χ1n) is 7.81. The summed E-state index contributed by atoms with van der Waals surface area (Å²) in [5.41, 5.74) is -1.47. The van der Waals surface area contributed by atoms with Crippen molar-refractivity contribution in [3.8, 4) is 0 Å². The summed E-state index contributed by atoms with van der Waals surface area (Å²) in [6, 6.07) is 0. The van der Waals surface area contributed by atoms with Crippen LogP contribution in [0.5, 0.6) is 0 Å². The van der Waals surface area contributed by atoms with E-state index in [1.54, 1.807) is 13.8 Å². The molecule has 0 radical (unpaired) electrons. The van der Waals surface area contributed by atoms with E-state index < -0.39 is 46.5 Å². The van der Waals surface area contributed by atoms with Crippen molar-refractivity contribution >= 4 is 43.8 Å². The number of aromatic amines is 1. The van der Waals surface area contributed by atoms with Crippen LogP contribution >= 0.6 is 31.9 Å². The van der Waals surface area contributed by atoms with Crippen LogP contribution in [-0.4, -0.2) is 50.3 Å². The topological polar surface area (TPSA) is 130 Å². The molecule has 1 N–H and O–H groups in total. The third-order valence-corrected chi connectivity index (χ3v) is 5.06. The van der Waals surface area contributed by atoms with Crippen molar-refractivity contribution in [3.05, 3.63) is 25.4 Å². The van der Waals surface area contributed by atoms with Crippen molar-refractivity contribution < 1.29 is 23.8 Å². The second-order valence-electron chi connectivity index (χ2n) is 5.35. The van der Waals surface area contributed by atoms with Crippen LogP contribution < -0.4 is 11.2 Å². The van der Waals surface area contributed by atoms with Crippen LogP contribution in [0.15, 0.2) is 14.2 Å². The van der Waals surface area contributed by atoms with Gasteiger partial charge in [-0.1, -0.05) is 29.8 Å². The number of nitrogens with zero attached hydrogens (tertiary/aromatic N) is 2. The number of hydrogen-bond acceptors (Lipinski definition) is 8. The Labute approximate surface area is 164 Å². The Morgan fingerprint density at radius 1 is 1.27 bits per heavy atom. The van der Waals surface area contributed by atoms with Gasteiger partial charge in [0.05, 0.1) is 0 Å². The SMILES string of the molecule is CCC(=O)OC[C@H]1O[C@H](n2nc(Br)c(=O)[nH]c2=O)[C@H](Br)[C@@H]1OC(=O)CC. The van der Waals surface area contributed by atoms with Crippen LogP contribution in [0.1, 0.15) is 32.9 Å². The number of rotatable bonds is 6. The summed E-state index contributed by atoms with van der Waals surface area (Å²) >= 11 is 6.31. The second-order valence-corrected chi connectivity index (χ2v) is 7.16. The molecule has 1 aromatic rings. The molecule has 1 aliphatic rings. The fraction of sp³-hybridized carbons (Fsp3) is 0.643. The van der Waals surface area contributed by atoms with E-state index in [0.717, 1.165) is 4.68 Å². The van der Waals surface area contributed by atoms with Gasteiger partial charge in [-0.05, 0) is 15.9 Å². The van der Waals surface area contributed by atoms with Gasteiger partial charge in [-0.3, -0.25) is 19.4 Å². The second kappa shape index (κ2) is 8.91. The standard InChI is InChI=1S/C14H17Br2N3O7/c1-3-7(20)24-5-6-10(26-8(21)4-2)9(15)13(25-6)19-14(23)17-12(22)11(16)18-19/h6,9-10,13H,3-5H2,1-2H3,(H,17,22,23)/t6-,9-,10-,13+/m1/s1. The minimum atomic E-state index is -0.990. The lowest BCUT2D eigenvalue weighted by atomic mass is 10.2. The number of nitrogens with one attached hydrogen (secondary N) is 1. The number of carbonyl (C=O) groups excluding carboxylic acids is 2. The molecular formula is C14H17Br2N3O7. The first-order chi connectivity index (χ1) is 12.3. The summed E-state index contributed by atoms with van der Waals surface area (Å²) < 4.78 is 17.0. The molecule has 12 heteroatoms. The lowest BCUT2D eigenvalue weighted by Crippen LogP contribution is -2.39. The normalized spacial score (nSPS) is 25.1. The molecule has 144 valence electrons. The average molecular weight is 499 g/mol. The molecule has 4 atom stereocenters. The fourth-order valence-corrected chi connectivity index (χ4v) is 3.31. The van der Waals surface area contributed by atoms with Gasteiger partial charge in [0.2, 0.25) is 0 Å². The van der Waals surface area contributed by atoms with Gasteiger partial charge in [0, 0.05) is 12.8 Å². The van der Waals surface area contributed by atoms with Gasteiger partial charge < -0.3 is 14.2 Å². The van der Waals surface area contributed by atoms with Gasteiger partial charge in [-0.2, -0.15) is 9.78 Å². The van der Waals surface area contributed by atoms with E-state index in [4.69, 9.17) is 14.2 Å². The lowest BCUT2D eigenvalue weighted by Gasteiger charge is -2.20. The van der Waals surface area contributed by atoms with Gasteiger partial charge in [0.25, 0.3) is 5.56 Å². The molecule has 2 heterocycles. The highest BCUT2D eigenvalue weighted by molar-refractivity contribution is 9.10. The highest BCUT2D eigenvalue weighted by Crippen LogP contribution is 2.36. The van der Waals surface area contributed by atoms with Crippen molar-refractivity contribution in [2.75, 3.05) is 6.61 Å². The average Bonchev–Trinajstić information content (AvgIpc) is 2.91. The predicted molar refractivity (Wildman–Crippen MR) is 94.9 cm³/mol. The van der Waals surface area contributed by atoms with Crippen molar-refractivity contribution in [1.29, 1.82) is 0 Å². The van der Waals surface area contributed by atoms with E-state index in [1.807, 2.05) is 0 Å². The van der Waals surface area contributed by atoms with Gasteiger partial charge >= 0.3 is 17.6 Å². The van der Waals surface area contributed by atoms with E-state index >= 15 is 0 Å². The monoisotopic (exact) mass is 497 g/mol. The van der Waals surface area contributed by atoms with Crippen molar-refractivity contribution in [2.24, 2.45) is 0 Å². The number of aromatic nitrogens is 3. The molecule has 10 nitrogen and oxygen atoms in total. The molecule has 1 fully saturated rings. The Morgan fingerprint density at radius 2 is 1.92 bits per heavy atom. The van der Waals surface area contributed by atoms with E-state index in [1.165, 1.54) is 0 Å². The van der Waals surface area contributed by atoms with Crippen molar-refractivity contribution in [3.63, 3.8) is 0 Å². The molecule has 1 aromatic heterocycles. The van der Waals surface area contributed by atoms with E-state index in [-0.39, 0.29) is 24.1 Å². The molecule has 0 amide bonds. The van der Waals surface area contributed by atoms with Crippen LogP contribution in [0.3, 0.4) is 0 Å². The smallest absolute Gasteiger partial charge is 0.347 e. The maximum Gasteiger partial charge on any atom is 0.347 e. The largest absolute Gasteiger partial charge is 0.463 e. The summed E-state index contributed by atoms with van der Waals surface area (Å²) in [7, 11) is 0. The number of hydrogen-bond donors (Lipinski definition) is 1. The first kappa shape index (κ1) is 20.8. The van der Waals surface area contributed by atoms with Crippen molar-refractivity contribution in [2.45, 2.75) is 50.0 Å². The summed E-state index contributed by atoms with van der Waals surface area (Å²) in [6.07, 6.45) is -2.30. The van der Waals surface area contributed by atoms with Crippen LogP contribution in [0.25, 0.3) is 0 Å². The quantitative estimate of drug-likeness (QED) is 0.446. The Kier molecular flexibility index (Phi) is 7.12. The molecule has 0 bridgehead atoms. The summed E-state index contributed by atoms with van der Waals surface area (Å²) in [5, 5.41) is 3.86. The van der Waals surface area contributed by atoms with Crippen LogP contribution in [0.2, 0.25) is 0 Å². The zero-order valence-corrected chi connectivity index (χ0v) is 17.1. The van der Waals surface area contributed by atoms with Gasteiger partial charge in [0.1, 0.15) is 23.6 Å². The van der Waals surface area contributed by atoms with Gasteiger partial charge in [-0.15, -0.1) is 0 Å². The number of ether oxygens (including phenoxy) is 3. The number of esters is 2. The number of halogens is 2. The molecule has 0 unspecified atom stereocenters. The Morgan fingerprint density at radius 3 is 2.54 bits per heavy atom. The molecule has 0 saturated carbocycles. The minimum Gasteiger partial charge on any atom is -0.463 e. The Bertz CT molecular complexity index is 793. The molecule has 0 aromatic carbocycles. The summed E-state index contributed by atoms with van der Waals surface area (Å²) in [5.74, 6) is -0.913. The number of alkyl halides is 1. The van der Waals surface area contributed by atoms with Gasteiger partial charge in [-0.25, -0.2) is 4.79 Å². The minimum absolute atomic E-state index is 0.108. The van der Waals surface area contributed by atoms with E-state index in [0.29, 0.717) is 0 Å². The van der Waals surface area contributed by atoms with Crippen molar-refractivity contribution in [1.82, 2.24) is 14.8 Å². The molecule has 1 aliphatic heterocycles. The number of H-pyrrole nitrogens is 1. The van der Waals surface area contributed by atoms with Crippen LogP contribution in [0, 0.1) is 0 Å². The maximum atomic E-state index is 12.1.